The van der Waals surface area contributed by atoms with Crippen LogP contribution in [0.4, 0.5) is 10.5 Å². The van der Waals surface area contributed by atoms with Crippen LogP contribution in [0.2, 0.25) is 0 Å². The van der Waals surface area contributed by atoms with Crippen LogP contribution >= 0.6 is 0 Å². The lowest BCUT2D eigenvalue weighted by Gasteiger charge is -2.25. The van der Waals surface area contributed by atoms with Crippen LogP contribution in [-0.4, -0.2) is 56.9 Å². The highest BCUT2D eigenvalue weighted by Gasteiger charge is 2.29. The van der Waals surface area contributed by atoms with Crippen LogP contribution in [0.1, 0.15) is 31.4 Å². The second-order valence-electron chi connectivity index (χ2n) is 7.57. The van der Waals surface area contributed by atoms with Gasteiger partial charge in [0, 0.05) is 38.9 Å². The second kappa shape index (κ2) is 9.62. The van der Waals surface area contributed by atoms with Crippen LogP contribution in [0, 0.1) is 0 Å². The molecular weight excluding hydrogens is 398 g/mol. The number of anilines is 1. The number of nitrogens with zero attached hydrogens (tertiary/aromatic N) is 3. The predicted octanol–water partition coefficient (Wildman–Crippen LogP) is 3.76. The van der Waals surface area contributed by atoms with Crippen molar-refractivity contribution in [2.45, 2.75) is 38.0 Å². The molecule has 0 bridgehead atoms. The van der Waals surface area contributed by atoms with Crippen LogP contribution in [0.3, 0.4) is 0 Å². The Morgan fingerprint density at radius 1 is 1.07 bits per heavy atom. The maximum absolute atomic E-state index is 13.0. The molecule has 7 heteroatoms. The van der Waals surface area contributed by atoms with E-state index in [1.54, 1.807) is 28.0 Å². The zero-order chi connectivity index (χ0) is 21.7. The van der Waals surface area contributed by atoms with Gasteiger partial charge in [0.15, 0.2) is 0 Å². The van der Waals surface area contributed by atoms with Crippen molar-refractivity contribution in [3.8, 4) is 0 Å². The summed E-state index contributed by atoms with van der Waals surface area (Å²) in [4.78, 5) is 16.8. The van der Waals surface area contributed by atoms with Gasteiger partial charge in [-0.15, -0.1) is 0 Å². The summed E-state index contributed by atoms with van der Waals surface area (Å²) in [5.41, 5.74) is 2.99. The highest BCUT2D eigenvalue weighted by Crippen LogP contribution is 2.31. The fraction of sp³-hybridized carbons (Fsp3) is 0.435. The molecule has 0 atom stereocenters. The van der Waals surface area contributed by atoms with Crippen molar-refractivity contribution in [2.24, 2.45) is 0 Å². The standard InChI is InChI=1S/C23H31N3O3S/c1-4-25(5-2)30(28,29)21-13-14-22-20(18-21)15-17-26(22)23(27)24(3)16-9-12-19-10-7-6-8-11-19/h6-8,10-11,13-14,18H,4-5,9,12,15-17H2,1-3H3. The number of rotatable bonds is 8. The number of amides is 2. The molecule has 1 heterocycles. The van der Waals surface area contributed by atoms with E-state index in [2.05, 4.69) is 12.1 Å². The Morgan fingerprint density at radius 3 is 2.43 bits per heavy atom. The molecule has 0 aromatic heterocycles. The Morgan fingerprint density at radius 2 is 1.77 bits per heavy atom. The number of carbonyl (C=O) groups is 1. The van der Waals surface area contributed by atoms with Gasteiger partial charge in [-0.3, -0.25) is 4.90 Å². The third-order valence-electron chi connectivity index (χ3n) is 5.65. The summed E-state index contributed by atoms with van der Waals surface area (Å²) in [6, 6.07) is 15.3. The van der Waals surface area contributed by atoms with Crippen molar-refractivity contribution in [2.75, 3.05) is 38.1 Å². The van der Waals surface area contributed by atoms with Gasteiger partial charge in [0.1, 0.15) is 0 Å². The molecule has 0 saturated heterocycles. The average Bonchev–Trinajstić information content (AvgIpc) is 3.18. The first-order valence-corrected chi connectivity index (χ1v) is 12.0. The molecule has 1 aliphatic rings. The van der Waals surface area contributed by atoms with E-state index in [1.165, 1.54) is 9.87 Å². The first-order valence-electron chi connectivity index (χ1n) is 10.6. The monoisotopic (exact) mass is 429 g/mol. The molecule has 30 heavy (non-hydrogen) atoms. The number of aryl methyl sites for hydroxylation is 1. The molecule has 0 N–H and O–H groups in total. The number of hydrogen-bond acceptors (Lipinski definition) is 3. The molecule has 0 unspecified atom stereocenters. The minimum Gasteiger partial charge on any atom is -0.327 e. The highest BCUT2D eigenvalue weighted by molar-refractivity contribution is 7.89. The van der Waals surface area contributed by atoms with E-state index in [9.17, 15) is 13.2 Å². The van der Waals surface area contributed by atoms with Gasteiger partial charge in [-0.25, -0.2) is 13.2 Å². The molecule has 2 aromatic carbocycles. The van der Waals surface area contributed by atoms with Gasteiger partial charge in [0.2, 0.25) is 10.0 Å². The molecule has 1 aliphatic heterocycles. The third kappa shape index (κ3) is 4.68. The smallest absolute Gasteiger partial charge is 0.324 e. The van der Waals surface area contributed by atoms with E-state index in [0.29, 0.717) is 37.5 Å². The zero-order valence-electron chi connectivity index (χ0n) is 18.0. The fourth-order valence-corrected chi connectivity index (χ4v) is 5.43. The largest absolute Gasteiger partial charge is 0.327 e. The van der Waals surface area contributed by atoms with Crippen molar-refractivity contribution in [3.05, 3.63) is 59.7 Å². The maximum atomic E-state index is 13.0. The molecule has 3 rings (SSSR count). The zero-order valence-corrected chi connectivity index (χ0v) is 18.9. The predicted molar refractivity (Wildman–Crippen MR) is 120 cm³/mol. The SMILES string of the molecule is CCN(CC)S(=O)(=O)c1ccc2c(c1)CCN2C(=O)N(C)CCCc1ccccc1. The van der Waals surface area contributed by atoms with Gasteiger partial charge in [0.05, 0.1) is 4.90 Å². The number of sulfonamides is 1. The maximum Gasteiger partial charge on any atom is 0.324 e. The van der Waals surface area contributed by atoms with Crippen LogP contribution in [-0.2, 0) is 22.9 Å². The van der Waals surface area contributed by atoms with E-state index < -0.39 is 10.0 Å². The van der Waals surface area contributed by atoms with E-state index in [0.717, 1.165) is 24.1 Å². The molecule has 0 saturated carbocycles. The number of hydrogen-bond donors (Lipinski definition) is 0. The van der Waals surface area contributed by atoms with Crippen molar-refractivity contribution in [3.63, 3.8) is 0 Å². The van der Waals surface area contributed by atoms with Crippen LogP contribution < -0.4 is 4.90 Å². The van der Waals surface area contributed by atoms with Crippen LogP contribution in [0.15, 0.2) is 53.4 Å². The lowest BCUT2D eigenvalue weighted by atomic mass is 10.1. The second-order valence-corrected chi connectivity index (χ2v) is 9.51. The molecule has 0 spiro atoms. The summed E-state index contributed by atoms with van der Waals surface area (Å²) in [5.74, 6) is 0. The van der Waals surface area contributed by atoms with Crippen LogP contribution in [0.5, 0.6) is 0 Å². The minimum absolute atomic E-state index is 0.0406. The van der Waals surface area contributed by atoms with E-state index >= 15 is 0 Å². The summed E-state index contributed by atoms with van der Waals surface area (Å²) < 4.78 is 27.0. The highest BCUT2D eigenvalue weighted by atomic mass is 32.2. The molecule has 0 aliphatic carbocycles. The number of benzene rings is 2. The summed E-state index contributed by atoms with van der Waals surface area (Å²) in [7, 11) is -1.67. The first-order chi connectivity index (χ1) is 14.4. The topological polar surface area (TPSA) is 60.9 Å². The molecule has 6 nitrogen and oxygen atoms in total. The first kappa shape index (κ1) is 22.3. The summed E-state index contributed by atoms with van der Waals surface area (Å²) in [6.45, 7) is 5.80. The summed E-state index contributed by atoms with van der Waals surface area (Å²) in [5, 5.41) is 0. The molecule has 0 radical (unpaired) electrons. The number of urea groups is 1. The van der Waals surface area contributed by atoms with Crippen molar-refractivity contribution >= 4 is 21.7 Å². The normalized spacial score (nSPS) is 13.5. The van der Waals surface area contributed by atoms with Gasteiger partial charge < -0.3 is 4.90 Å². The molecule has 162 valence electrons. The van der Waals surface area contributed by atoms with Crippen molar-refractivity contribution in [1.29, 1.82) is 0 Å². The Bertz CT molecular complexity index is 972. The summed E-state index contributed by atoms with van der Waals surface area (Å²) in [6.07, 6.45) is 2.50. The van der Waals surface area contributed by atoms with E-state index in [-0.39, 0.29) is 6.03 Å². The Hall–Kier alpha value is -2.38. The van der Waals surface area contributed by atoms with Crippen LogP contribution in [0.25, 0.3) is 0 Å². The lowest BCUT2D eigenvalue weighted by Crippen LogP contribution is -2.40. The summed E-state index contributed by atoms with van der Waals surface area (Å²) >= 11 is 0. The molecule has 0 fully saturated rings. The molecule has 2 aromatic rings. The van der Waals surface area contributed by atoms with E-state index in [1.807, 2.05) is 39.1 Å². The Kier molecular flexibility index (Phi) is 7.15. The van der Waals surface area contributed by atoms with Gasteiger partial charge in [-0.05, 0) is 48.6 Å². The number of carbonyl (C=O) groups excluding carboxylic acids is 1. The molecule has 2 amide bonds. The number of fused-ring (bicyclic) bond motifs is 1. The van der Waals surface area contributed by atoms with Gasteiger partial charge in [-0.2, -0.15) is 4.31 Å². The van der Waals surface area contributed by atoms with Gasteiger partial charge >= 0.3 is 6.03 Å². The Balaban J connectivity index is 1.66. The average molecular weight is 430 g/mol. The quantitative estimate of drug-likeness (QED) is 0.642. The van der Waals surface area contributed by atoms with Gasteiger partial charge in [-0.1, -0.05) is 44.2 Å². The fourth-order valence-electron chi connectivity index (χ4n) is 3.92. The molecular formula is C23H31N3O3S. The lowest BCUT2D eigenvalue weighted by molar-refractivity contribution is 0.215. The Labute approximate surface area is 180 Å². The minimum atomic E-state index is -3.50. The van der Waals surface area contributed by atoms with Crippen molar-refractivity contribution in [1.82, 2.24) is 9.21 Å². The third-order valence-corrected chi connectivity index (χ3v) is 7.69. The van der Waals surface area contributed by atoms with Gasteiger partial charge in [0.25, 0.3) is 0 Å². The van der Waals surface area contributed by atoms with Crippen molar-refractivity contribution < 1.29 is 13.2 Å². The van der Waals surface area contributed by atoms with E-state index in [4.69, 9.17) is 0 Å².